The quantitative estimate of drug-likeness (QED) is 0.821. The Kier molecular flexibility index (Phi) is 6.22. The van der Waals surface area contributed by atoms with Crippen LogP contribution in [0.3, 0.4) is 0 Å². The fraction of sp³-hybridized carbons (Fsp3) is 0.222. The van der Waals surface area contributed by atoms with Crippen molar-refractivity contribution in [2.75, 3.05) is 5.32 Å². The van der Waals surface area contributed by atoms with Crippen LogP contribution in [0.2, 0.25) is 10.0 Å². The molecule has 2 aromatic rings. The highest BCUT2D eigenvalue weighted by Gasteiger charge is 2.18. The maximum atomic E-state index is 12.3. The van der Waals surface area contributed by atoms with Crippen LogP contribution >= 0.6 is 23.2 Å². The zero-order chi connectivity index (χ0) is 17.7. The van der Waals surface area contributed by atoms with Gasteiger partial charge in [0.25, 0.3) is 0 Å². The van der Waals surface area contributed by atoms with Crippen LogP contribution in [-0.4, -0.2) is 11.9 Å². The molecule has 4 nitrogen and oxygen atoms in total. The van der Waals surface area contributed by atoms with Gasteiger partial charge in [0.05, 0.1) is 17.7 Å². The number of amides is 1. The molecule has 24 heavy (non-hydrogen) atoms. The van der Waals surface area contributed by atoms with Gasteiger partial charge in [-0.3, -0.25) is 10.1 Å². The normalized spacial score (nSPS) is 13.0. The van der Waals surface area contributed by atoms with Gasteiger partial charge in [0.2, 0.25) is 5.91 Å². The Morgan fingerprint density at radius 3 is 2.58 bits per heavy atom. The van der Waals surface area contributed by atoms with Crippen LogP contribution in [0.25, 0.3) is 0 Å². The number of carbonyl (C=O) groups is 1. The predicted octanol–water partition coefficient (Wildman–Crippen LogP) is 4.54. The van der Waals surface area contributed by atoms with Gasteiger partial charge in [0.1, 0.15) is 0 Å². The van der Waals surface area contributed by atoms with E-state index in [4.69, 9.17) is 28.5 Å². The lowest BCUT2D eigenvalue weighted by molar-refractivity contribution is -0.117. The van der Waals surface area contributed by atoms with Gasteiger partial charge in [0, 0.05) is 21.8 Å². The van der Waals surface area contributed by atoms with E-state index in [1.54, 1.807) is 43.3 Å². The highest BCUT2D eigenvalue weighted by molar-refractivity contribution is 6.35. The zero-order valence-electron chi connectivity index (χ0n) is 13.3. The van der Waals surface area contributed by atoms with E-state index >= 15 is 0 Å². The number of carbonyl (C=O) groups excluding carboxylic acids is 1. The molecule has 0 saturated carbocycles. The van der Waals surface area contributed by atoms with Crippen molar-refractivity contribution in [1.82, 2.24) is 5.32 Å². The SMILES string of the molecule is C[C@@H](N[C@H](C)c1ccc(Cl)cc1Cl)C(=O)Nc1cccc(C#N)c1. The molecule has 124 valence electrons. The first-order valence-corrected chi connectivity index (χ1v) is 8.18. The second kappa shape index (κ2) is 8.16. The van der Waals surface area contributed by atoms with E-state index in [1.807, 2.05) is 19.1 Å². The summed E-state index contributed by atoms with van der Waals surface area (Å²) in [5.41, 5.74) is 1.95. The molecular weight excluding hydrogens is 345 g/mol. The van der Waals surface area contributed by atoms with Gasteiger partial charge < -0.3 is 5.32 Å². The maximum Gasteiger partial charge on any atom is 0.241 e. The molecule has 0 unspecified atom stereocenters. The van der Waals surface area contributed by atoms with Crippen LogP contribution in [0.1, 0.15) is 31.0 Å². The third-order valence-corrected chi connectivity index (χ3v) is 4.14. The Balaban J connectivity index is 2.01. The minimum Gasteiger partial charge on any atom is -0.325 e. The van der Waals surface area contributed by atoms with Crippen molar-refractivity contribution < 1.29 is 4.79 Å². The number of halogens is 2. The van der Waals surface area contributed by atoms with E-state index in [0.717, 1.165) is 5.56 Å². The smallest absolute Gasteiger partial charge is 0.241 e. The van der Waals surface area contributed by atoms with E-state index in [1.165, 1.54) is 0 Å². The number of benzene rings is 2. The number of nitrogens with zero attached hydrogens (tertiary/aromatic N) is 1. The average molecular weight is 362 g/mol. The molecule has 0 aliphatic rings. The van der Waals surface area contributed by atoms with Crippen molar-refractivity contribution in [3.63, 3.8) is 0 Å². The Labute approximate surface area is 151 Å². The largest absolute Gasteiger partial charge is 0.325 e. The van der Waals surface area contributed by atoms with E-state index in [2.05, 4.69) is 10.6 Å². The summed E-state index contributed by atoms with van der Waals surface area (Å²) in [4.78, 5) is 12.3. The minimum atomic E-state index is -0.447. The first kappa shape index (κ1) is 18.3. The van der Waals surface area contributed by atoms with Gasteiger partial charge in [-0.15, -0.1) is 0 Å². The first-order chi connectivity index (χ1) is 11.4. The van der Waals surface area contributed by atoms with Crippen molar-refractivity contribution in [2.24, 2.45) is 0 Å². The van der Waals surface area contributed by atoms with Crippen LogP contribution in [0.5, 0.6) is 0 Å². The molecule has 0 bridgehead atoms. The zero-order valence-corrected chi connectivity index (χ0v) is 14.8. The highest BCUT2D eigenvalue weighted by atomic mass is 35.5. The number of nitrogens with one attached hydrogen (secondary N) is 2. The Hall–Kier alpha value is -2.06. The van der Waals surface area contributed by atoms with Crippen molar-refractivity contribution in [2.45, 2.75) is 25.9 Å². The predicted molar refractivity (Wildman–Crippen MR) is 97.3 cm³/mol. The molecular formula is C18H17Cl2N3O. The molecule has 0 heterocycles. The molecule has 2 atom stereocenters. The molecule has 1 amide bonds. The van der Waals surface area contributed by atoms with Crippen LogP contribution < -0.4 is 10.6 Å². The summed E-state index contributed by atoms with van der Waals surface area (Å²) in [7, 11) is 0. The number of hydrogen-bond donors (Lipinski definition) is 2. The topological polar surface area (TPSA) is 64.9 Å². The Morgan fingerprint density at radius 1 is 1.17 bits per heavy atom. The molecule has 0 radical (unpaired) electrons. The maximum absolute atomic E-state index is 12.3. The molecule has 2 rings (SSSR count). The van der Waals surface area contributed by atoms with Gasteiger partial charge in [0.15, 0.2) is 0 Å². The van der Waals surface area contributed by atoms with Gasteiger partial charge in [-0.25, -0.2) is 0 Å². The third-order valence-electron chi connectivity index (χ3n) is 3.58. The first-order valence-electron chi connectivity index (χ1n) is 7.42. The lowest BCUT2D eigenvalue weighted by Gasteiger charge is -2.21. The number of rotatable bonds is 5. The summed E-state index contributed by atoms with van der Waals surface area (Å²) in [6, 6.07) is 13.5. The van der Waals surface area contributed by atoms with Crippen LogP contribution in [-0.2, 0) is 4.79 Å². The van der Waals surface area contributed by atoms with Crippen molar-refractivity contribution in [3.05, 3.63) is 63.6 Å². The van der Waals surface area contributed by atoms with Gasteiger partial charge in [-0.1, -0.05) is 35.3 Å². The standard InChI is InChI=1S/C18H17Cl2N3O/c1-11(16-7-6-14(19)9-17(16)20)22-12(2)18(24)23-15-5-3-4-13(8-15)10-21/h3-9,11-12,22H,1-2H3,(H,23,24)/t11-,12-/m1/s1. The lowest BCUT2D eigenvalue weighted by Crippen LogP contribution is -2.39. The van der Waals surface area contributed by atoms with Gasteiger partial charge in [-0.2, -0.15) is 5.26 Å². The van der Waals surface area contributed by atoms with E-state index in [0.29, 0.717) is 21.3 Å². The molecule has 2 aromatic carbocycles. The van der Waals surface area contributed by atoms with Crippen LogP contribution in [0.4, 0.5) is 5.69 Å². The van der Waals surface area contributed by atoms with Crippen LogP contribution in [0, 0.1) is 11.3 Å². The molecule has 0 aromatic heterocycles. The molecule has 6 heteroatoms. The van der Waals surface area contributed by atoms with Gasteiger partial charge in [-0.05, 0) is 49.7 Å². The molecule has 0 aliphatic carbocycles. The van der Waals surface area contributed by atoms with Crippen molar-refractivity contribution in [1.29, 1.82) is 5.26 Å². The molecule has 0 spiro atoms. The van der Waals surface area contributed by atoms with E-state index in [-0.39, 0.29) is 11.9 Å². The molecule has 2 N–H and O–H groups in total. The summed E-state index contributed by atoms with van der Waals surface area (Å²) < 4.78 is 0. The van der Waals surface area contributed by atoms with E-state index in [9.17, 15) is 4.79 Å². The summed E-state index contributed by atoms with van der Waals surface area (Å²) in [5, 5.41) is 16.0. The molecule has 0 aliphatic heterocycles. The highest BCUT2D eigenvalue weighted by Crippen LogP contribution is 2.26. The second-order valence-corrected chi connectivity index (χ2v) is 6.30. The number of anilines is 1. The number of hydrogen-bond acceptors (Lipinski definition) is 3. The van der Waals surface area contributed by atoms with Crippen LogP contribution in [0.15, 0.2) is 42.5 Å². The molecule has 0 fully saturated rings. The monoisotopic (exact) mass is 361 g/mol. The fourth-order valence-corrected chi connectivity index (χ4v) is 2.88. The van der Waals surface area contributed by atoms with E-state index < -0.39 is 6.04 Å². The third kappa shape index (κ3) is 4.72. The van der Waals surface area contributed by atoms with Crippen molar-refractivity contribution >= 4 is 34.8 Å². The fourth-order valence-electron chi connectivity index (χ4n) is 2.31. The molecule has 0 saturated heterocycles. The van der Waals surface area contributed by atoms with Crippen molar-refractivity contribution in [3.8, 4) is 6.07 Å². The van der Waals surface area contributed by atoms with Gasteiger partial charge >= 0.3 is 0 Å². The Morgan fingerprint density at radius 2 is 1.92 bits per heavy atom. The summed E-state index contributed by atoms with van der Waals surface area (Å²) in [5.74, 6) is -0.193. The summed E-state index contributed by atoms with van der Waals surface area (Å²) in [6.07, 6.45) is 0. The second-order valence-electron chi connectivity index (χ2n) is 5.46. The summed E-state index contributed by atoms with van der Waals surface area (Å²) in [6.45, 7) is 3.69. The number of nitriles is 1. The summed E-state index contributed by atoms with van der Waals surface area (Å²) >= 11 is 12.1. The lowest BCUT2D eigenvalue weighted by atomic mass is 10.1. The minimum absolute atomic E-state index is 0.124. The Bertz CT molecular complexity index is 786. The average Bonchev–Trinajstić information content (AvgIpc) is 2.54.